The van der Waals surface area contributed by atoms with Crippen molar-refractivity contribution in [1.82, 2.24) is 18.9 Å². The van der Waals surface area contributed by atoms with Crippen molar-refractivity contribution >= 4 is 65.8 Å². The van der Waals surface area contributed by atoms with Gasteiger partial charge >= 0.3 is 0 Å². The lowest BCUT2D eigenvalue weighted by atomic mass is 10.1. The van der Waals surface area contributed by atoms with Gasteiger partial charge in [0.1, 0.15) is 5.58 Å². The first kappa shape index (κ1) is 16.2. The van der Waals surface area contributed by atoms with E-state index in [-0.39, 0.29) is 0 Å². The van der Waals surface area contributed by atoms with Gasteiger partial charge in [0, 0.05) is 21.4 Å². The second kappa shape index (κ2) is 5.70. The molecule has 0 aliphatic rings. The Bertz CT molecular complexity index is 1770. The molecule has 0 bridgehead atoms. The van der Waals surface area contributed by atoms with Gasteiger partial charge in [-0.25, -0.2) is 9.97 Å². The summed E-state index contributed by atoms with van der Waals surface area (Å²) >= 11 is 3.52. The highest BCUT2D eigenvalue weighted by Crippen LogP contribution is 2.34. The van der Waals surface area contributed by atoms with Gasteiger partial charge in [0.15, 0.2) is 0 Å². The number of rotatable bonds is 1. The average molecular weight is 453 g/mol. The average Bonchev–Trinajstić information content (AvgIpc) is 3.41. The van der Waals surface area contributed by atoms with E-state index < -0.39 is 0 Å². The first-order valence-corrected chi connectivity index (χ1v) is 10.4. The summed E-state index contributed by atoms with van der Waals surface area (Å²) in [4.78, 5) is 9.36. The fourth-order valence-corrected chi connectivity index (χ4v) is 4.70. The van der Waals surface area contributed by atoms with Crippen molar-refractivity contribution in [2.45, 2.75) is 0 Å². The lowest BCUT2D eigenvalue weighted by Gasteiger charge is -2.05. The van der Waals surface area contributed by atoms with E-state index >= 15 is 0 Å². The van der Waals surface area contributed by atoms with Crippen LogP contribution in [-0.4, -0.2) is 18.9 Å². The van der Waals surface area contributed by atoms with Crippen molar-refractivity contribution < 1.29 is 4.42 Å². The predicted octanol–water partition coefficient (Wildman–Crippen LogP) is 6.49. The topological polar surface area (TPSA) is 48.3 Å². The molecule has 0 saturated carbocycles. The molecule has 0 unspecified atom stereocenters. The maximum Gasteiger partial charge on any atom is 0.227 e. The third-order valence-corrected chi connectivity index (χ3v) is 6.08. The minimum Gasteiger partial charge on any atom is -0.438 e. The van der Waals surface area contributed by atoms with Crippen molar-refractivity contribution in [3.63, 3.8) is 0 Å². The molecule has 0 atom stereocenters. The van der Waals surface area contributed by atoms with Gasteiger partial charge in [-0.05, 0) is 64.5 Å². The summed E-state index contributed by atoms with van der Waals surface area (Å²) in [7, 11) is 0. The number of nitrogens with zero attached hydrogens (tertiary/aromatic N) is 4. The highest BCUT2D eigenvalue weighted by Gasteiger charge is 2.18. The third kappa shape index (κ3) is 2.06. The quantitative estimate of drug-likeness (QED) is 0.286. The van der Waals surface area contributed by atoms with E-state index in [1.807, 2.05) is 18.2 Å². The van der Waals surface area contributed by atoms with Crippen LogP contribution in [0.15, 0.2) is 87.9 Å². The Hall–Kier alpha value is -3.64. The molecule has 5 nitrogen and oxygen atoms in total. The van der Waals surface area contributed by atoms with Crippen molar-refractivity contribution in [3.05, 3.63) is 83.5 Å². The molecule has 0 saturated heterocycles. The van der Waals surface area contributed by atoms with Crippen LogP contribution in [0, 0.1) is 0 Å². The number of pyridine rings is 1. The molecule has 0 aliphatic heterocycles. The molecule has 4 heterocycles. The minimum atomic E-state index is 0.638. The molecule has 7 aromatic rings. The number of hydrogen-bond acceptors (Lipinski definition) is 3. The molecule has 0 amide bonds. The summed E-state index contributed by atoms with van der Waals surface area (Å²) < 4.78 is 11.3. The van der Waals surface area contributed by atoms with Crippen LogP contribution in [0.3, 0.4) is 0 Å². The molecule has 4 aromatic heterocycles. The molecule has 30 heavy (non-hydrogen) atoms. The van der Waals surface area contributed by atoms with E-state index in [0.29, 0.717) is 5.71 Å². The lowest BCUT2D eigenvalue weighted by molar-refractivity contribution is 0.654. The smallest absolute Gasteiger partial charge is 0.227 e. The fourth-order valence-electron chi connectivity index (χ4n) is 4.37. The SMILES string of the molecule is Brc1cnc2oc3ccc(-n4c5ccccc5n5c6ccccc6nc45)cc3c2c1. The summed E-state index contributed by atoms with van der Waals surface area (Å²) in [6.07, 6.45) is 1.75. The lowest BCUT2D eigenvalue weighted by Crippen LogP contribution is -1.94. The maximum atomic E-state index is 5.94. The zero-order valence-electron chi connectivity index (χ0n) is 15.6. The van der Waals surface area contributed by atoms with Crippen molar-refractivity contribution in [1.29, 1.82) is 0 Å². The molecule has 0 radical (unpaired) electrons. The summed E-state index contributed by atoms with van der Waals surface area (Å²) in [6.45, 7) is 0. The standard InChI is InChI=1S/C24H13BrN4O/c25-14-11-17-16-12-15(9-10-22(16)30-23(17)26-13-14)28-20-7-3-4-8-21(20)29-19-6-2-1-5-18(19)27-24(28)29/h1-13H. The molecule has 0 spiro atoms. The van der Waals surface area contributed by atoms with Crippen LogP contribution in [0.1, 0.15) is 0 Å². The van der Waals surface area contributed by atoms with E-state index in [9.17, 15) is 0 Å². The van der Waals surface area contributed by atoms with Crippen LogP contribution in [0.2, 0.25) is 0 Å². The minimum absolute atomic E-state index is 0.638. The van der Waals surface area contributed by atoms with Crippen molar-refractivity contribution in [3.8, 4) is 5.69 Å². The van der Waals surface area contributed by atoms with Crippen LogP contribution >= 0.6 is 15.9 Å². The second-order valence-corrected chi connectivity index (χ2v) is 8.26. The van der Waals surface area contributed by atoms with Crippen LogP contribution in [0.4, 0.5) is 0 Å². The Morgan fingerprint density at radius 1 is 0.800 bits per heavy atom. The van der Waals surface area contributed by atoms with Gasteiger partial charge in [0.05, 0.1) is 27.8 Å². The first-order valence-electron chi connectivity index (χ1n) is 9.63. The van der Waals surface area contributed by atoms with Gasteiger partial charge in [-0.15, -0.1) is 0 Å². The Labute approximate surface area is 178 Å². The fraction of sp³-hybridized carbons (Fsp3) is 0. The number of hydrogen-bond donors (Lipinski definition) is 0. The molecule has 142 valence electrons. The number of fused-ring (bicyclic) bond motifs is 8. The van der Waals surface area contributed by atoms with E-state index in [0.717, 1.165) is 54.4 Å². The summed E-state index contributed by atoms with van der Waals surface area (Å²) in [5.74, 6) is 0.892. The molecule has 0 N–H and O–H groups in total. The zero-order chi connectivity index (χ0) is 19.8. The molecule has 7 rings (SSSR count). The van der Waals surface area contributed by atoms with Gasteiger partial charge < -0.3 is 4.42 Å². The molecular weight excluding hydrogens is 440 g/mol. The maximum absolute atomic E-state index is 5.94. The predicted molar refractivity (Wildman–Crippen MR) is 122 cm³/mol. The van der Waals surface area contributed by atoms with Crippen molar-refractivity contribution in [2.24, 2.45) is 0 Å². The van der Waals surface area contributed by atoms with Gasteiger partial charge in [0.25, 0.3) is 0 Å². The Kier molecular flexibility index (Phi) is 3.08. The van der Waals surface area contributed by atoms with Crippen molar-refractivity contribution in [2.75, 3.05) is 0 Å². The van der Waals surface area contributed by atoms with E-state index in [1.54, 1.807) is 6.20 Å². The molecular formula is C24H13BrN4O. The third-order valence-electron chi connectivity index (χ3n) is 5.64. The normalized spacial score (nSPS) is 12.2. The Morgan fingerprint density at radius 2 is 1.60 bits per heavy atom. The first-order chi connectivity index (χ1) is 14.8. The van der Waals surface area contributed by atoms with Crippen LogP contribution in [-0.2, 0) is 0 Å². The molecule has 0 fully saturated rings. The number of aromatic nitrogens is 4. The van der Waals surface area contributed by atoms with Gasteiger partial charge in [0.2, 0.25) is 11.5 Å². The highest BCUT2D eigenvalue weighted by atomic mass is 79.9. The summed E-state index contributed by atoms with van der Waals surface area (Å²) in [5, 5.41) is 2.02. The van der Waals surface area contributed by atoms with E-state index in [2.05, 4.69) is 84.5 Å². The number of halogens is 1. The Balaban J connectivity index is 1.63. The second-order valence-electron chi connectivity index (χ2n) is 7.35. The number of benzene rings is 3. The molecule has 6 heteroatoms. The van der Waals surface area contributed by atoms with Crippen LogP contribution in [0.25, 0.3) is 55.6 Å². The molecule has 3 aromatic carbocycles. The van der Waals surface area contributed by atoms with E-state index in [4.69, 9.17) is 9.40 Å². The summed E-state index contributed by atoms with van der Waals surface area (Å²) in [6, 6.07) is 24.9. The monoisotopic (exact) mass is 452 g/mol. The van der Waals surface area contributed by atoms with Crippen LogP contribution < -0.4 is 0 Å². The Morgan fingerprint density at radius 3 is 2.50 bits per heavy atom. The van der Waals surface area contributed by atoms with E-state index in [1.165, 1.54) is 0 Å². The molecule has 0 aliphatic carbocycles. The van der Waals surface area contributed by atoms with Gasteiger partial charge in [-0.1, -0.05) is 24.3 Å². The van der Waals surface area contributed by atoms with Gasteiger partial charge in [-0.3, -0.25) is 8.97 Å². The zero-order valence-corrected chi connectivity index (χ0v) is 17.2. The largest absolute Gasteiger partial charge is 0.438 e. The number of furan rings is 1. The van der Waals surface area contributed by atoms with Gasteiger partial charge in [-0.2, -0.15) is 0 Å². The number of para-hydroxylation sites is 4. The highest BCUT2D eigenvalue weighted by molar-refractivity contribution is 9.10. The number of imidazole rings is 2. The van der Waals surface area contributed by atoms with Crippen LogP contribution in [0.5, 0.6) is 0 Å². The summed E-state index contributed by atoms with van der Waals surface area (Å²) in [5.41, 5.74) is 6.81.